The predicted octanol–water partition coefficient (Wildman–Crippen LogP) is 1.79. The highest BCUT2D eigenvalue weighted by Crippen LogP contribution is 2.27. The summed E-state index contributed by atoms with van der Waals surface area (Å²) in [5, 5.41) is 0. The van der Waals surface area contributed by atoms with Gasteiger partial charge in [-0.25, -0.2) is 13.8 Å². The van der Waals surface area contributed by atoms with Gasteiger partial charge in [-0.1, -0.05) is 0 Å². The van der Waals surface area contributed by atoms with Crippen LogP contribution in [0.15, 0.2) is 6.07 Å². The van der Waals surface area contributed by atoms with Crippen LogP contribution in [0.3, 0.4) is 0 Å². The highest BCUT2D eigenvalue weighted by atomic mass is 19.3. The zero-order valence-corrected chi connectivity index (χ0v) is 8.05. The molecule has 0 saturated heterocycles. The second-order valence-corrected chi connectivity index (χ2v) is 2.83. The summed E-state index contributed by atoms with van der Waals surface area (Å²) >= 11 is 0. The van der Waals surface area contributed by atoms with Crippen LogP contribution < -0.4 is 10.5 Å². The van der Waals surface area contributed by atoms with E-state index in [0.717, 1.165) is 0 Å². The molecule has 0 fully saturated rings. The van der Waals surface area contributed by atoms with E-state index in [1.165, 1.54) is 13.2 Å². The molecular weight excluding hydrogens is 190 g/mol. The van der Waals surface area contributed by atoms with Gasteiger partial charge in [-0.15, -0.1) is 0 Å². The smallest absolute Gasteiger partial charge is 0.264 e. The first-order valence-corrected chi connectivity index (χ1v) is 4.12. The fraction of sp³-hybridized carbons (Fsp3) is 0.444. The lowest BCUT2D eigenvalue weighted by Crippen LogP contribution is -2.06. The van der Waals surface area contributed by atoms with E-state index >= 15 is 0 Å². The fourth-order valence-corrected chi connectivity index (χ4v) is 1.19. The van der Waals surface area contributed by atoms with Crippen LogP contribution in [0, 0.1) is 6.92 Å². The molecule has 1 heterocycles. The van der Waals surface area contributed by atoms with Gasteiger partial charge in [0.2, 0.25) is 5.88 Å². The minimum atomic E-state index is -2.53. The van der Waals surface area contributed by atoms with Gasteiger partial charge in [0.05, 0.1) is 12.8 Å². The summed E-state index contributed by atoms with van der Waals surface area (Å²) in [5.74, 6) is 0.173. The lowest BCUT2D eigenvalue weighted by atomic mass is 10.1. The van der Waals surface area contributed by atoms with E-state index in [1.807, 2.05) is 0 Å². The molecule has 0 saturated carbocycles. The molecule has 3 nitrogen and oxygen atoms in total. The summed E-state index contributed by atoms with van der Waals surface area (Å²) < 4.78 is 29.9. The van der Waals surface area contributed by atoms with Gasteiger partial charge in [0.25, 0.3) is 6.43 Å². The first-order chi connectivity index (χ1) is 6.60. The normalized spacial score (nSPS) is 10.7. The van der Waals surface area contributed by atoms with Crippen molar-refractivity contribution in [3.05, 3.63) is 22.9 Å². The number of rotatable bonds is 3. The Morgan fingerprint density at radius 1 is 1.57 bits per heavy atom. The lowest BCUT2D eigenvalue weighted by molar-refractivity contribution is 0.150. The van der Waals surface area contributed by atoms with Gasteiger partial charge in [-0.05, 0) is 12.5 Å². The molecule has 0 aliphatic rings. The van der Waals surface area contributed by atoms with Crippen molar-refractivity contribution in [2.75, 3.05) is 7.11 Å². The molecule has 0 radical (unpaired) electrons. The van der Waals surface area contributed by atoms with Crippen molar-refractivity contribution in [3.8, 4) is 5.88 Å². The number of nitrogens with zero attached hydrogens (tertiary/aromatic N) is 1. The van der Waals surface area contributed by atoms with E-state index in [0.29, 0.717) is 11.3 Å². The summed E-state index contributed by atoms with van der Waals surface area (Å²) in [6, 6.07) is 1.24. The molecule has 0 aliphatic carbocycles. The van der Waals surface area contributed by atoms with Gasteiger partial charge in [-0.3, -0.25) is 0 Å². The third-order valence-corrected chi connectivity index (χ3v) is 2.03. The molecular formula is C9H12F2N2O. The standard InChI is InChI=1S/C9H12F2N2O/c1-5-6(9(10)11)3-8(14-2)13-7(5)4-12/h3,9H,4,12H2,1-2H3. The van der Waals surface area contributed by atoms with E-state index < -0.39 is 6.43 Å². The van der Waals surface area contributed by atoms with Crippen molar-refractivity contribution in [3.63, 3.8) is 0 Å². The second kappa shape index (κ2) is 4.32. The van der Waals surface area contributed by atoms with Crippen LogP contribution in [-0.4, -0.2) is 12.1 Å². The molecule has 1 aromatic heterocycles. The average Bonchev–Trinajstić information content (AvgIpc) is 2.17. The average molecular weight is 202 g/mol. The van der Waals surface area contributed by atoms with Crippen LogP contribution in [0.2, 0.25) is 0 Å². The van der Waals surface area contributed by atoms with E-state index in [2.05, 4.69) is 4.98 Å². The molecule has 5 heteroatoms. The Balaban J connectivity index is 3.27. The zero-order chi connectivity index (χ0) is 10.7. The quantitative estimate of drug-likeness (QED) is 0.812. The minimum absolute atomic E-state index is 0.0719. The van der Waals surface area contributed by atoms with Crippen LogP contribution in [0.25, 0.3) is 0 Å². The van der Waals surface area contributed by atoms with Gasteiger partial charge in [0.1, 0.15) is 0 Å². The Morgan fingerprint density at radius 2 is 2.21 bits per heavy atom. The molecule has 1 rings (SSSR count). The third kappa shape index (κ3) is 1.98. The number of nitrogens with two attached hydrogens (primary N) is 1. The SMILES string of the molecule is COc1cc(C(F)F)c(C)c(CN)n1. The van der Waals surface area contributed by atoms with Gasteiger partial charge in [-0.2, -0.15) is 0 Å². The summed E-state index contributed by atoms with van der Waals surface area (Å²) in [6.07, 6.45) is -2.53. The maximum absolute atomic E-state index is 12.5. The van der Waals surface area contributed by atoms with Crippen LogP contribution in [0.4, 0.5) is 8.78 Å². The van der Waals surface area contributed by atoms with E-state index in [1.54, 1.807) is 6.92 Å². The van der Waals surface area contributed by atoms with Crippen molar-refractivity contribution < 1.29 is 13.5 Å². The molecule has 14 heavy (non-hydrogen) atoms. The van der Waals surface area contributed by atoms with E-state index in [-0.39, 0.29) is 18.0 Å². The minimum Gasteiger partial charge on any atom is -0.481 e. The molecule has 78 valence electrons. The van der Waals surface area contributed by atoms with E-state index in [4.69, 9.17) is 10.5 Å². The Labute approximate surface area is 80.9 Å². The van der Waals surface area contributed by atoms with Crippen molar-refractivity contribution in [1.29, 1.82) is 0 Å². The molecule has 0 amide bonds. The van der Waals surface area contributed by atoms with Gasteiger partial charge in [0, 0.05) is 18.2 Å². The van der Waals surface area contributed by atoms with Gasteiger partial charge in [0.15, 0.2) is 0 Å². The van der Waals surface area contributed by atoms with Crippen LogP contribution >= 0.6 is 0 Å². The highest BCUT2D eigenvalue weighted by molar-refractivity contribution is 5.34. The van der Waals surface area contributed by atoms with Crippen molar-refractivity contribution in [1.82, 2.24) is 4.98 Å². The Kier molecular flexibility index (Phi) is 3.35. The van der Waals surface area contributed by atoms with Crippen LogP contribution in [-0.2, 0) is 6.54 Å². The number of aromatic nitrogens is 1. The molecule has 0 atom stereocenters. The third-order valence-electron chi connectivity index (χ3n) is 2.03. The number of ether oxygens (including phenoxy) is 1. The summed E-state index contributed by atoms with van der Waals surface area (Å²) in [7, 11) is 1.38. The van der Waals surface area contributed by atoms with Crippen molar-refractivity contribution in [2.45, 2.75) is 19.9 Å². The Bertz CT molecular complexity index is 329. The molecule has 1 aromatic rings. The summed E-state index contributed by atoms with van der Waals surface area (Å²) in [4.78, 5) is 3.97. The molecule has 0 aliphatic heterocycles. The largest absolute Gasteiger partial charge is 0.481 e. The molecule has 0 aromatic carbocycles. The lowest BCUT2D eigenvalue weighted by Gasteiger charge is -2.10. The molecule has 2 N–H and O–H groups in total. The van der Waals surface area contributed by atoms with E-state index in [9.17, 15) is 8.78 Å². The first-order valence-electron chi connectivity index (χ1n) is 4.12. The molecule has 0 unspecified atom stereocenters. The predicted molar refractivity (Wildman–Crippen MR) is 48.4 cm³/mol. The number of hydrogen-bond acceptors (Lipinski definition) is 3. The highest BCUT2D eigenvalue weighted by Gasteiger charge is 2.15. The Hall–Kier alpha value is -1.23. The monoisotopic (exact) mass is 202 g/mol. The number of alkyl halides is 2. The first kappa shape index (κ1) is 10.8. The van der Waals surface area contributed by atoms with Crippen LogP contribution in [0.1, 0.15) is 23.2 Å². The number of methoxy groups -OCH3 is 1. The summed E-state index contributed by atoms with van der Waals surface area (Å²) in [5.41, 5.74) is 6.19. The Morgan fingerprint density at radius 3 is 2.64 bits per heavy atom. The fourth-order valence-electron chi connectivity index (χ4n) is 1.19. The van der Waals surface area contributed by atoms with Crippen molar-refractivity contribution in [2.24, 2.45) is 5.73 Å². The topological polar surface area (TPSA) is 48.1 Å². The van der Waals surface area contributed by atoms with Gasteiger partial charge < -0.3 is 10.5 Å². The number of halogens is 2. The maximum atomic E-state index is 12.5. The van der Waals surface area contributed by atoms with Crippen molar-refractivity contribution >= 4 is 0 Å². The van der Waals surface area contributed by atoms with Crippen LogP contribution in [0.5, 0.6) is 5.88 Å². The molecule has 0 spiro atoms. The molecule has 0 bridgehead atoms. The summed E-state index contributed by atoms with van der Waals surface area (Å²) in [6.45, 7) is 1.71. The maximum Gasteiger partial charge on any atom is 0.264 e. The number of pyridine rings is 1. The second-order valence-electron chi connectivity index (χ2n) is 2.83. The van der Waals surface area contributed by atoms with Gasteiger partial charge >= 0.3 is 0 Å². The zero-order valence-electron chi connectivity index (χ0n) is 8.05. The number of hydrogen-bond donors (Lipinski definition) is 1.